The van der Waals surface area contributed by atoms with Crippen molar-refractivity contribution in [2.75, 3.05) is 0 Å². The first-order valence-corrected chi connectivity index (χ1v) is 13.9. The van der Waals surface area contributed by atoms with Gasteiger partial charge >= 0.3 is 0 Å². The number of benzene rings is 5. The molecule has 0 fully saturated rings. The van der Waals surface area contributed by atoms with Crippen molar-refractivity contribution in [2.24, 2.45) is 0 Å². The Morgan fingerprint density at radius 2 is 0.842 bits per heavy atom. The highest BCUT2D eigenvalue weighted by atomic mass is 15.0. The lowest BCUT2D eigenvalue weighted by Crippen LogP contribution is -2.01. The van der Waals surface area contributed by atoms with Crippen molar-refractivity contribution in [1.29, 1.82) is 0 Å². The summed E-state index contributed by atoms with van der Waals surface area (Å²) in [6.07, 6.45) is 6.15. The zero-order valence-electron chi connectivity index (χ0n) is 21.9. The third kappa shape index (κ3) is 3.71. The largest absolute Gasteiger partial charge is 0.309 e. The second-order valence-electron chi connectivity index (χ2n) is 10.4. The first-order valence-electron chi connectivity index (χ1n) is 13.9. The van der Waals surface area contributed by atoms with E-state index in [2.05, 4.69) is 131 Å². The molecule has 0 saturated carbocycles. The van der Waals surface area contributed by atoms with E-state index in [0.717, 1.165) is 6.42 Å². The van der Waals surface area contributed by atoms with E-state index in [-0.39, 0.29) is 0 Å². The van der Waals surface area contributed by atoms with Crippen molar-refractivity contribution < 1.29 is 0 Å². The molecular weight excluding hydrogens is 460 g/mol. The minimum absolute atomic E-state index is 1.09. The lowest BCUT2D eigenvalue weighted by molar-refractivity contribution is 0.666. The maximum absolute atomic E-state index is 2.46. The van der Waals surface area contributed by atoms with Crippen LogP contribution >= 0.6 is 0 Å². The topological polar surface area (TPSA) is 9.86 Å². The average Bonchev–Trinajstić information content (AvgIpc) is 3.48. The summed E-state index contributed by atoms with van der Waals surface area (Å²) in [4.78, 5) is 0. The van der Waals surface area contributed by atoms with E-state index in [4.69, 9.17) is 0 Å². The standard InChI is InChI=1S/C36H32N2/c1-2-3-4-5-14-26-23-27(37-33-19-10-6-15-29(33)30-16-7-11-20-34(30)37)25-28(24-26)38-35-21-12-8-17-31(35)32-18-9-13-22-36(32)38/h6-13,15-25H,2-5,14H2,1H3. The Kier molecular flexibility index (Phi) is 5.74. The Morgan fingerprint density at radius 1 is 0.447 bits per heavy atom. The van der Waals surface area contributed by atoms with Gasteiger partial charge in [-0.25, -0.2) is 0 Å². The summed E-state index contributed by atoms with van der Waals surface area (Å²) < 4.78 is 4.91. The molecule has 7 rings (SSSR count). The molecule has 0 saturated heterocycles. The zero-order valence-corrected chi connectivity index (χ0v) is 21.9. The van der Waals surface area contributed by atoms with Crippen LogP contribution in [-0.4, -0.2) is 9.13 Å². The fraction of sp³-hybridized carbons (Fsp3) is 0.167. The Bertz CT molecular complexity index is 1680. The molecule has 7 aromatic rings. The molecular formula is C36H32N2. The van der Waals surface area contributed by atoms with Crippen LogP contribution in [-0.2, 0) is 6.42 Å². The summed E-state index contributed by atoms with van der Waals surface area (Å²) in [6.45, 7) is 2.28. The average molecular weight is 493 g/mol. The van der Waals surface area contributed by atoms with Gasteiger partial charge in [0.25, 0.3) is 0 Å². The predicted octanol–water partition coefficient (Wildman–Crippen LogP) is 10.0. The van der Waals surface area contributed by atoms with Crippen LogP contribution in [0, 0.1) is 0 Å². The molecule has 0 unspecified atom stereocenters. The molecule has 0 aliphatic rings. The van der Waals surface area contributed by atoms with Gasteiger partial charge in [0, 0.05) is 32.9 Å². The number of hydrogen-bond donors (Lipinski definition) is 0. The van der Waals surface area contributed by atoms with Crippen molar-refractivity contribution in [1.82, 2.24) is 9.13 Å². The molecule has 2 heterocycles. The summed E-state index contributed by atoms with van der Waals surface area (Å²) in [6, 6.07) is 42.4. The van der Waals surface area contributed by atoms with Gasteiger partial charge in [0.15, 0.2) is 0 Å². The van der Waals surface area contributed by atoms with Gasteiger partial charge in [-0.1, -0.05) is 99.0 Å². The van der Waals surface area contributed by atoms with Crippen molar-refractivity contribution >= 4 is 43.6 Å². The second-order valence-corrected chi connectivity index (χ2v) is 10.4. The lowest BCUT2D eigenvalue weighted by atomic mass is 10.0. The van der Waals surface area contributed by atoms with E-state index in [1.165, 1.54) is 86.2 Å². The zero-order chi connectivity index (χ0) is 25.5. The van der Waals surface area contributed by atoms with Crippen molar-refractivity contribution in [2.45, 2.75) is 39.0 Å². The Morgan fingerprint density at radius 3 is 1.24 bits per heavy atom. The molecule has 0 spiro atoms. The van der Waals surface area contributed by atoms with Crippen LogP contribution in [0.15, 0.2) is 115 Å². The molecule has 5 aromatic carbocycles. The normalized spacial score (nSPS) is 11.8. The van der Waals surface area contributed by atoms with Gasteiger partial charge in [-0.15, -0.1) is 0 Å². The number of unbranched alkanes of at least 4 members (excludes halogenated alkanes) is 3. The van der Waals surface area contributed by atoms with E-state index >= 15 is 0 Å². The monoisotopic (exact) mass is 492 g/mol. The van der Waals surface area contributed by atoms with Gasteiger partial charge in [0.1, 0.15) is 0 Å². The van der Waals surface area contributed by atoms with Crippen molar-refractivity contribution in [3.05, 3.63) is 121 Å². The Hall–Kier alpha value is -4.30. The molecule has 38 heavy (non-hydrogen) atoms. The highest BCUT2D eigenvalue weighted by Gasteiger charge is 2.16. The van der Waals surface area contributed by atoms with Crippen molar-refractivity contribution in [3.63, 3.8) is 0 Å². The second kappa shape index (κ2) is 9.54. The molecule has 0 N–H and O–H groups in total. The molecule has 0 amide bonds. The highest BCUT2D eigenvalue weighted by molar-refractivity contribution is 6.10. The smallest absolute Gasteiger partial charge is 0.0541 e. The number of rotatable bonds is 7. The molecule has 0 bridgehead atoms. The van der Waals surface area contributed by atoms with Crippen LogP contribution in [0.5, 0.6) is 0 Å². The molecule has 0 aliphatic carbocycles. The quantitative estimate of drug-likeness (QED) is 0.196. The van der Waals surface area contributed by atoms with Gasteiger partial charge in [-0.3, -0.25) is 0 Å². The Balaban J connectivity index is 1.51. The summed E-state index contributed by atoms with van der Waals surface area (Å²) in [7, 11) is 0. The van der Waals surface area contributed by atoms with Crippen LogP contribution in [0.4, 0.5) is 0 Å². The van der Waals surface area contributed by atoms with Crippen LogP contribution in [0.3, 0.4) is 0 Å². The van der Waals surface area contributed by atoms with E-state index in [1.54, 1.807) is 0 Å². The summed E-state index contributed by atoms with van der Waals surface area (Å²) >= 11 is 0. The van der Waals surface area contributed by atoms with Crippen molar-refractivity contribution in [3.8, 4) is 11.4 Å². The number of aromatic nitrogens is 2. The summed E-state index contributed by atoms with van der Waals surface area (Å²) in [5.41, 5.74) is 8.88. The van der Waals surface area contributed by atoms with Gasteiger partial charge in [0.05, 0.1) is 22.1 Å². The first kappa shape index (κ1) is 22.9. The number of nitrogens with zero attached hydrogens (tertiary/aromatic N) is 2. The van der Waals surface area contributed by atoms with Gasteiger partial charge < -0.3 is 9.13 Å². The molecule has 186 valence electrons. The minimum atomic E-state index is 1.09. The lowest BCUT2D eigenvalue weighted by Gasteiger charge is -2.15. The highest BCUT2D eigenvalue weighted by Crippen LogP contribution is 2.36. The maximum Gasteiger partial charge on any atom is 0.0541 e. The minimum Gasteiger partial charge on any atom is -0.309 e. The van der Waals surface area contributed by atoms with Gasteiger partial charge in [0.2, 0.25) is 0 Å². The van der Waals surface area contributed by atoms with E-state index in [0.29, 0.717) is 0 Å². The van der Waals surface area contributed by atoms with Gasteiger partial charge in [-0.05, 0) is 60.9 Å². The Labute approximate surface area is 223 Å². The van der Waals surface area contributed by atoms with Gasteiger partial charge in [-0.2, -0.15) is 0 Å². The number of fused-ring (bicyclic) bond motifs is 6. The first-order chi connectivity index (χ1) is 18.8. The summed E-state index contributed by atoms with van der Waals surface area (Å²) in [5, 5.41) is 5.20. The van der Waals surface area contributed by atoms with Crippen LogP contribution in [0.1, 0.15) is 38.2 Å². The molecule has 0 aliphatic heterocycles. The van der Waals surface area contributed by atoms with Crippen LogP contribution in [0.2, 0.25) is 0 Å². The van der Waals surface area contributed by atoms with E-state index in [1.807, 2.05) is 0 Å². The maximum atomic E-state index is 2.46. The molecule has 0 atom stereocenters. The summed E-state index contributed by atoms with van der Waals surface area (Å²) in [5.74, 6) is 0. The number of aryl methyl sites for hydroxylation is 1. The molecule has 2 nitrogen and oxygen atoms in total. The SMILES string of the molecule is CCCCCCc1cc(-n2c3ccccc3c3ccccc32)cc(-n2c3ccccc3c3ccccc32)c1. The number of para-hydroxylation sites is 4. The molecule has 2 aromatic heterocycles. The van der Waals surface area contributed by atoms with Crippen LogP contribution < -0.4 is 0 Å². The van der Waals surface area contributed by atoms with Crippen LogP contribution in [0.25, 0.3) is 55.0 Å². The molecule has 0 radical (unpaired) electrons. The fourth-order valence-corrected chi connectivity index (χ4v) is 6.22. The number of hydrogen-bond acceptors (Lipinski definition) is 0. The fourth-order valence-electron chi connectivity index (χ4n) is 6.22. The third-order valence-electron chi connectivity index (χ3n) is 7.96. The van der Waals surface area contributed by atoms with E-state index < -0.39 is 0 Å². The van der Waals surface area contributed by atoms with E-state index in [9.17, 15) is 0 Å². The molecule has 2 heteroatoms. The predicted molar refractivity (Wildman–Crippen MR) is 163 cm³/mol. The third-order valence-corrected chi connectivity index (χ3v) is 7.96.